The molecule has 1 N–H and O–H groups in total. The van der Waals surface area contributed by atoms with E-state index in [1.54, 1.807) is 0 Å². The maximum Gasteiger partial charge on any atom is 0.279 e. The van der Waals surface area contributed by atoms with Gasteiger partial charge in [0, 0.05) is 11.6 Å². The van der Waals surface area contributed by atoms with Gasteiger partial charge in [-0.25, -0.2) is 9.47 Å². The van der Waals surface area contributed by atoms with E-state index in [1.807, 2.05) is 48.7 Å². The van der Waals surface area contributed by atoms with E-state index >= 15 is 0 Å². The largest absolute Gasteiger partial charge is 1.00 e. The summed E-state index contributed by atoms with van der Waals surface area (Å²) in [6, 6.07) is 24.5. The first kappa shape index (κ1) is 17.6. The third kappa shape index (κ3) is 3.20. The lowest BCUT2D eigenvalue weighted by Gasteiger charge is -2.27. The van der Waals surface area contributed by atoms with E-state index in [-0.39, 0.29) is 17.0 Å². The van der Waals surface area contributed by atoms with E-state index in [0.717, 1.165) is 11.4 Å². The monoisotopic (exact) mass is 396 g/mol. The molecular formula is C21H21BrN2O. The van der Waals surface area contributed by atoms with Crippen LogP contribution in [-0.2, 0) is 18.8 Å². The summed E-state index contributed by atoms with van der Waals surface area (Å²) < 4.78 is 2.11. The molecule has 128 valence electrons. The number of pyridine rings is 1. The van der Waals surface area contributed by atoms with Crippen LogP contribution in [0.2, 0.25) is 0 Å². The fourth-order valence-corrected chi connectivity index (χ4v) is 3.40. The number of rotatable bonds is 3. The Bertz CT molecular complexity index is 851. The van der Waals surface area contributed by atoms with E-state index in [9.17, 15) is 5.11 Å². The van der Waals surface area contributed by atoms with Crippen molar-refractivity contribution in [3.05, 3.63) is 95.7 Å². The molecule has 0 bridgehead atoms. The summed E-state index contributed by atoms with van der Waals surface area (Å²) in [5, 5.41) is 11.6. The van der Waals surface area contributed by atoms with E-state index in [2.05, 4.69) is 46.7 Å². The van der Waals surface area contributed by atoms with Gasteiger partial charge in [0.05, 0.1) is 6.20 Å². The molecule has 3 nitrogen and oxygen atoms in total. The van der Waals surface area contributed by atoms with Crippen LogP contribution < -0.4 is 26.4 Å². The Morgan fingerprint density at radius 1 is 0.960 bits per heavy atom. The molecule has 4 rings (SSSR count). The lowest BCUT2D eigenvalue weighted by Crippen LogP contribution is -3.00. The second-order valence-electron chi connectivity index (χ2n) is 6.44. The summed E-state index contributed by atoms with van der Waals surface area (Å²) in [7, 11) is 0. The number of anilines is 1. The summed E-state index contributed by atoms with van der Waals surface area (Å²) in [6.07, 6.45) is 2.03. The maximum absolute atomic E-state index is 11.6. The van der Waals surface area contributed by atoms with Gasteiger partial charge < -0.3 is 22.1 Å². The number of aromatic nitrogens is 1. The van der Waals surface area contributed by atoms with Crippen LogP contribution in [0.15, 0.2) is 79.0 Å². The number of hydrogen-bond donors (Lipinski definition) is 1. The number of aryl methyl sites for hydroxylation is 1. The molecule has 1 atom stereocenters. The van der Waals surface area contributed by atoms with Crippen LogP contribution in [0.3, 0.4) is 0 Å². The zero-order valence-corrected chi connectivity index (χ0v) is 15.7. The first-order valence-corrected chi connectivity index (χ1v) is 8.26. The lowest BCUT2D eigenvalue weighted by molar-refractivity contribution is -0.683. The summed E-state index contributed by atoms with van der Waals surface area (Å²) in [6.45, 7) is 3.25. The quantitative estimate of drug-likeness (QED) is 0.638. The highest BCUT2D eigenvalue weighted by molar-refractivity contribution is 5.44. The highest BCUT2D eigenvalue weighted by atomic mass is 79.9. The molecule has 0 spiro atoms. The minimum atomic E-state index is -1.04. The predicted octanol–water partition coefficient (Wildman–Crippen LogP) is 0.152. The normalized spacial score (nSPS) is 18.6. The number of aliphatic hydroxyl groups is 1. The molecule has 1 unspecified atom stereocenters. The number of fused-ring (bicyclic) bond motifs is 1. The molecule has 0 fully saturated rings. The molecule has 0 aliphatic carbocycles. The average Bonchev–Trinajstić information content (AvgIpc) is 2.90. The minimum Gasteiger partial charge on any atom is -1.00 e. The smallest absolute Gasteiger partial charge is 0.279 e. The van der Waals surface area contributed by atoms with Gasteiger partial charge in [-0.15, -0.1) is 0 Å². The molecule has 0 saturated heterocycles. The van der Waals surface area contributed by atoms with Crippen molar-refractivity contribution in [2.45, 2.75) is 25.7 Å². The summed E-state index contributed by atoms with van der Waals surface area (Å²) >= 11 is 0. The highest BCUT2D eigenvalue weighted by Gasteiger charge is 2.51. The van der Waals surface area contributed by atoms with Crippen LogP contribution in [0.4, 0.5) is 5.82 Å². The van der Waals surface area contributed by atoms with Gasteiger partial charge in [0.1, 0.15) is 6.54 Å². The Hall–Kier alpha value is -2.17. The molecule has 1 aliphatic rings. The molecule has 2 aromatic carbocycles. The van der Waals surface area contributed by atoms with Gasteiger partial charge in [0.25, 0.3) is 11.5 Å². The number of benzene rings is 2. The van der Waals surface area contributed by atoms with Crippen LogP contribution in [0.5, 0.6) is 0 Å². The van der Waals surface area contributed by atoms with E-state index in [4.69, 9.17) is 0 Å². The summed E-state index contributed by atoms with van der Waals surface area (Å²) in [5.41, 5.74) is 2.26. The molecule has 25 heavy (non-hydrogen) atoms. The SMILES string of the molecule is Cc1ccc(C2(O)C[n+]3ccccc3N2Cc2ccccc2)cc1.[Br-]. The molecule has 1 aliphatic heterocycles. The molecule has 0 amide bonds. The molecule has 0 radical (unpaired) electrons. The van der Waals surface area contributed by atoms with Crippen LogP contribution in [0, 0.1) is 6.92 Å². The predicted molar refractivity (Wildman–Crippen MR) is 94.3 cm³/mol. The topological polar surface area (TPSA) is 27.4 Å². The highest BCUT2D eigenvalue weighted by Crippen LogP contribution is 2.36. The molecular weight excluding hydrogens is 376 g/mol. The molecule has 0 saturated carbocycles. The van der Waals surface area contributed by atoms with Gasteiger partial charge in [-0.2, -0.15) is 0 Å². The number of nitrogens with zero attached hydrogens (tertiary/aromatic N) is 2. The van der Waals surface area contributed by atoms with Crippen LogP contribution in [-0.4, -0.2) is 5.11 Å². The minimum absolute atomic E-state index is 0. The third-order valence-corrected chi connectivity index (χ3v) is 4.73. The summed E-state index contributed by atoms with van der Waals surface area (Å²) in [5.74, 6) is 1.03. The van der Waals surface area contributed by atoms with Crippen molar-refractivity contribution in [3.63, 3.8) is 0 Å². The van der Waals surface area contributed by atoms with Gasteiger partial charge in [-0.05, 0) is 18.6 Å². The van der Waals surface area contributed by atoms with Crippen molar-refractivity contribution in [3.8, 4) is 0 Å². The van der Waals surface area contributed by atoms with Crippen molar-refractivity contribution in [2.75, 3.05) is 4.90 Å². The van der Waals surface area contributed by atoms with Gasteiger partial charge >= 0.3 is 0 Å². The van der Waals surface area contributed by atoms with Gasteiger partial charge in [0.15, 0.2) is 6.54 Å². The fraction of sp³-hybridized carbons (Fsp3) is 0.190. The fourth-order valence-electron chi connectivity index (χ4n) is 3.40. The van der Waals surface area contributed by atoms with Crippen molar-refractivity contribution >= 4 is 5.82 Å². The van der Waals surface area contributed by atoms with E-state index < -0.39 is 5.72 Å². The van der Waals surface area contributed by atoms with Gasteiger partial charge in [-0.3, -0.25) is 0 Å². The standard InChI is InChI=1S/C21H21N2O.BrH/c1-17-10-12-19(13-11-17)21(24)16-22-14-6-5-9-20(22)23(21)15-18-7-3-2-4-8-18;/h2-14,24H,15-16H2,1H3;1H/q+1;/p-1. The van der Waals surface area contributed by atoms with Gasteiger partial charge in [-0.1, -0.05) is 66.2 Å². The Morgan fingerprint density at radius 2 is 1.64 bits per heavy atom. The van der Waals surface area contributed by atoms with Crippen molar-refractivity contribution < 1.29 is 26.7 Å². The number of halogens is 1. The van der Waals surface area contributed by atoms with Crippen molar-refractivity contribution in [2.24, 2.45) is 0 Å². The Kier molecular flexibility index (Phi) is 4.93. The zero-order chi connectivity index (χ0) is 16.6. The maximum atomic E-state index is 11.6. The van der Waals surface area contributed by atoms with E-state index in [0.29, 0.717) is 13.1 Å². The first-order chi connectivity index (χ1) is 11.7. The second kappa shape index (κ2) is 6.98. The second-order valence-corrected chi connectivity index (χ2v) is 6.44. The number of hydrogen-bond acceptors (Lipinski definition) is 2. The molecule has 3 aromatic rings. The Labute approximate surface area is 158 Å². The average molecular weight is 397 g/mol. The lowest BCUT2D eigenvalue weighted by atomic mass is 10.00. The molecule has 2 heterocycles. The van der Waals surface area contributed by atoms with Crippen LogP contribution in [0.25, 0.3) is 0 Å². The Balaban J connectivity index is 0.00000182. The Morgan fingerprint density at radius 3 is 2.36 bits per heavy atom. The third-order valence-electron chi connectivity index (χ3n) is 4.73. The molecule has 1 aromatic heterocycles. The van der Waals surface area contributed by atoms with Gasteiger partial charge in [0.2, 0.25) is 0 Å². The van der Waals surface area contributed by atoms with Crippen LogP contribution in [0.1, 0.15) is 16.7 Å². The first-order valence-electron chi connectivity index (χ1n) is 8.26. The van der Waals surface area contributed by atoms with Crippen molar-refractivity contribution in [1.82, 2.24) is 0 Å². The van der Waals surface area contributed by atoms with Crippen molar-refractivity contribution in [1.29, 1.82) is 0 Å². The molecule has 4 heteroatoms. The summed E-state index contributed by atoms with van der Waals surface area (Å²) in [4.78, 5) is 2.09. The van der Waals surface area contributed by atoms with Crippen LogP contribution >= 0.6 is 0 Å². The zero-order valence-electron chi connectivity index (χ0n) is 14.1. The van der Waals surface area contributed by atoms with E-state index in [1.165, 1.54) is 11.1 Å².